The number of amides is 1. The van der Waals surface area contributed by atoms with Gasteiger partial charge in [0.15, 0.2) is 5.69 Å². The molecule has 7 heteroatoms. The van der Waals surface area contributed by atoms with Crippen molar-refractivity contribution in [2.24, 2.45) is 0 Å². The predicted molar refractivity (Wildman–Crippen MR) is 87.1 cm³/mol. The van der Waals surface area contributed by atoms with Crippen LogP contribution in [-0.4, -0.2) is 33.3 Å². The number of aryl methyl sites for hydroxylation is 1. The molecule has 1 amide bonds. The number of rotatable bonds is 7. The number of halogens is 1. The third kappa shape index (κ3) is 4.56. The lowest BCUT2D eigenvalue weighted by Crippen LogP contribution is -2.25. The van der Waals surface area contributed by atoms with Crippen LogP contribution < -0.4 is 5.32 Å². The molecule has 0 radical (unpaired) electrons. The van der Waals surface area contributed by atoms with Gasteiger partial charge in [-0.05, 0) is 38.0 Å². The number of nitrogens with zero attached hydrogens (tertiary/aromatic N) is 2. The molecule has 1 aromatic carbocycles. The number of carboxylic acids is 1. The topological polar surface area (TPSA) is 84.2 Å². The molecule has 0 bridgehead atoms. The summed E-state index contributed by atoms with van der Waals surface area (Å²) in [7, 11) is 0. The van der Waals surface area contributed by atoms with Crippen molar-refractivity contribution in [1.29, 1.82) is 0 Å². The molecule has 0 saturated carbocycles. The van der Waals surface area contributed by atoms with E-state index in [9.17, 15) is 9.59 Å². The van der Waals surface area contributed by atoms with Crippen LogP contribution in [0.25, 0.3) is 5.69 Å². The molecule has 122 valence electrons. The highest BCUT2D eigenvalue weighted by molar-refractivity contribution is 6.32. The molecule has 0 aliphatic rings. The van der Waals surface area contributed by atoms with E-state index in [1.807, 2.05) is 25.1 Å². The van der Waals surface area contributed by atoms with Gasteiger partial charge in [-0.25, -0.2) is 4.68 Å². The minimum absolute atomic E-state index is 0.107. The maximum atomic E-state index is 12.1. The highest BCUT2D eigenvalue weighted by Crippen LogP contribution is 2.21. The van der Waals surface area contributed by atoms with E-state index in [0.717, 1.165) is 5.69 Å². The van der Waals surface area contributed by atoms with Crippen molar-refractivity contribution >= 4 is 23.5 Å². The van der Waals surface area contributed by atoms with Gasteiger partial charge in [0.2, 0.25) is 0 Å². The SMILES string of the molecule is Cc1cc(C(=O)NCCCCC(=O)O)nn1-c1ccccc1Cl. The Balaban J connectivity index is 1.99. The standard InChI is InChI=1S/C16H18ClN3O3/c1-11-10-13(16(23)18-9-5-4-8-15(21)22)19-20(11)14-7-3-2-6-12(14)17/h2-3,6-7,10H,4-5,8-9H2,1H3,(H,18,23)(H,21,22). The van der Waals surface area contributed by atoms with Gasteiger partial charge in [-0.2, -0.15) is 5.10 Å². The van der Waals surface area contributed by atoms with E-state index >= 15 is 0 Å². The third-order valence-corrected chi connectivity index (χ3v) is 3.62. The molecule has 2 rings (SSSR count). The van der Waals surface area contributed by atoms with Crippen molar-refractivity contribution in [2.75, 3.05) is 6.54 Å². The van der Waals surface area contributed by atoms with Gasteiger partial charge in [0.25, 0.3) is 5.91 Å². The summed E-state index contributed by atoms with van der Waals surface area (Å²) in [6, 6.07) is 8.96. The van der Waals surface area contributed by atoms with Crippen molar-refractivity contribution in [3.63, 3.8) is 0 Å². The number of aliphatic carboxylic acids is 1. The average molecular weight is 336 g/mol. The minimum atomic E-state index is -0.828. The summed E-state index contributed by atoms with van der Waals surface area (Å²) in [4.78, 5) is 22.5. The number of carbonyl (C=O) groups excluding carboxylic acids is 1. The Bertz CT molecular complexity index is 712. The molecular weight excluding hydrogens is 318 g/mol. The number of unbranched alkanes of at least 4 members (excludes halogenated alkanes) is 1. The molecule has 0 spiro atoms. The number of benzene rings is 1. The van der Waals surface area contributed by atoms with Gasteiger partial charge in [0.05, 0.1) is 10.7 Å². The molecule has 0 unspecified atom stereocenters. The first-order valence-corrected chi connectivity index (χ1v) is 7.68. The first-order chi connectivity index (χ1) is 11.0. The van der Waals surface area contributed by atoms with E-state index in [2.05, 4.69) is 10.4 Å². The van der Waals surface area contributed by atoms with Crippen LogP contribution in [0, 0.1) is 6.92 Å². The molecule has 0 atom stereocenters. The molecule has 23 heavy (non-hydrogen) atoms. The Kier molecular flexibility index (Phi) is 5.76. The monoisotopic (exact) mass is 335 g/mol. The molecule has 2 N–H and O–H groups in total. The van der Waals surface area contributed by atoms with Crippen LogP contribution >= 0.6 is 11.6 Å². The Morgan fingerprint density at radius 1 is 1.30 bits per heavy atom. The Hall–Kier alpha value is -2.34. The summed E-state index contributed by atoms with van der Waals surface area (Å²) < 4.78 is 1.63. The van der Waals surface area contributed by atoms with Gasteiger partial charge in [0.1, 0.15) is 0 Å². The maximum Gasteiger partial charge on any atom is 0.303 e. The van der Waals surface area contributed by atoms with Crippen LogP contribution in [0.5, 0.6) is 0 Å². The number of aromatic nitrogens is 2. The van der Waals surface area contributed by atoms with Crippen LogP contribution in [0.4, 0.5) is 0 Å². The summed E-state index contributed by atoms with van der Waals surface area (Å²) in [5.74, 6) is -1.11. The Morgan fingerprint density at radius 2 is 2.04 bits per heavy atom. The molecular formula is C16H18ClN3O3. The number of carbonyl (C=O) groups is 2. The lowest BCUT2D eigenvalue weighted by atomic mass is 10.2. The third-order valence-electron chi connectivity index (χ3n) is 3.30. The second-order valence-corrected chi connectivity index (χ2v) is 5.55. The maximum absolute atomic E-state index is 12.1. The van der Waals surface area contributed by atoms with E-state index in [-0.39, 0.29) is 12.3 Å². The summed E-state index contributed by atoms with van der Waals surface area (Å²) in [6.07, 6.45) is 1.25. The lowest BCUT2D eigenvalue weighted by molar-refractivity contribution is -0.137. The largest absolute Gasteiger partial charge is 0.481 e. The zero-order valence-electron chi connectivity index (χ0n) is 12.8. The molecule has 0 aliphatic carbocycles. The van der Waals surface area contributed by atoms with Gasteiger partial charge in [-0.3, -0.25) is 9.59 Å². The van der Waals surface area contributed by atoms with Crippen LogP contribution in [0.1, 0.15) is 35.4 Å². The fourth-order valence-corrected chi connectivity index (χ4v) is 2.36. The number of carboxylic acid groups (broad SMARTS) is 1. The van der Waals surface area contributed by atoms with Crippen molar-refractivity contribution < 1.29 is 14.7 Å². The molecule has 2 aromatic rings. The molecule has 0 saturated heterocycles. The van der Waals surface area contributed by atoms with E-state index in [1.165, 1.54) is 0 Å². The van der Waals surface area contributed by atoms with Crippen LogP contribution in [-0.2, 0) is 4.79 Å². The molecule has 0 aliphatic heterocycles. The van der Waals surface area contributed by atoms with Gasteiger partial charge in [-0.1, -0.05) is 23.7 Å². The zero-order chi connectivity index (χ0) is 16.8. The number of para-hydroxylation sites is 1. The highest BCUT2D eigenvalue weighted by atomic mass is 35.5. The number of hydrogen-bond donors (Lipinski definition) is 2. The molecule has 1 aromatic heterocycles. The first-order valence-electron chi connectivity index (χ1n) is 7.30. The normalized spacial score (nSPS) is 10.5. The van der Waals surface area contributed by atoms with Gasteiger partial charge in [-0.15, -0.1) is 0 Å². The van der Waals surface area contributed by atoms with E-state index in [0.29, 0.717) is 35.8 Å². The van der Waals surface area contributed by atoms with Gasteiger partial charge < -0.3 is 10.4 Å². The second kappa shape index (κ2) is 7.78. The van der Waals surface area contributed by atoms with E-state index in [1.54, 1.807) is 16.8 Å². The molecule has 0 fully saturated rings. The molecule has 6 nitrogen and oxygen atoms in total. The number of hydrogen-bond acceptors (Lipinski definition) is 3. The predicted octanol–water partition coefficient (Wildman–Crippen LogP) is 2.82. The van der Waals surface area contributed by atoms with Crippen molar-refractivity contribution in [1.82, 2.24) is 15.1 Å². The van der Waals surface area contributed by atoms with Crippen LogP contribution in [0.3, 0.4) is 0 Å². The van der Waals surface area contributed by atoms with E-state index < -0.39 is 5.97 Å². The van der Waals surface area contributed by atoms with Crippen LogP contribution in [0.15, 0.2) is 30.3 Å². The quantitative estimate of drug-likeness (QED) is 0.762. The van der Waals surface area contributed by atoms with Crippen molar-refractivity contribution in [3.8, 4) is 5.69 Å². The van der Waals surface area contributed by atoms with Gasteiger partial charge in [0, 0.05) is 18.7 Å². The second-order valence-electron chi connectivity index (χ2n) is 5.14. The minimum Gasteiger partial charge on any atom is -0.481 e. The van der Waals surface area contributed by atoms with Gasteiger partial charge >= 0.3 is 5.97 Å². The van der Waals surface area contributed by atoms with Crippen molar-refractivity contribution in [3.05, 3.63) is 46.7 Å². The summed E-state index contributed by atoms with van der Waals surface area (Å²) >= 11 is 6.15. The Morgan fingerprint density at radius 3 is 2.74 bits per heavy atom. The lowest BCUT2D eigenvalue weighted by Gasteiger charge is -2.06. The molecule has 1 heterocycles. The Labute approximate surface area is 139 Å². The average Bonchev–Trinajstić information content (AvgIpc) is 2.89. The number of nitrogens with one attached hydrogen (secondary N) is 1. The summed E-state index contributed by atoms with van der Waals surface area (Å²) in [6.45, 7) is 2.27. The van der Waals surface area contributed by atoms with Crippen LogP contribution in [0.2, 0.25) is 5.02 Å². The smallest absolute Gasteiger partial charge is 0.303 e. The van der Waals surface area contributed by atoms with E-state index in [4.69, 9.17) is 16.7 Å². The summed E-state index contributed by atoms with van der Waals surface area (Å²) in [5, 5.41) is 16.1. The first kappa shape index (κ1) is 17.0. The highest BCUT2D eigenvalue weighted by Gasteiger charge is 2.14. The van der Waals surface area contributed by atoms with Crippen molar-refractivity contribution in [2.45, 2.75) is 26.2 Å². The zero-order valence-corrected chi connectivity index (χ0v) is 13.5. The summed E-state index contributed by atoms with van der Waals surface area (Å²) in [5.41, 5.74) is 1.82. The fourth-order valence-electron chi connectivity index (χ4n) is 2.15. The fraction of sp³-hybridized carbons (Fsp3) is 0.312.